The lowest BCUT2D eigenvalue weighted by molar-refractivity contribution is 0.414. The van der Waals surface area contributed by atoms with E-state index in [-0.39, 0.29) is 0 Å². The smallest absolute Gasteiger partial charge is 0.204 e. The second-order valence-corrected chi connectivity index (χ2v) is 6.64. The molecule has 1 aliphatic heterocycles. The lowest BCUT2D eigenvalue weighted by Gasteiger charge is -2.22. The van der Waals surface area contributed by atoms with Gasteiger partial charge in [0.1, 0.15) is 6.33 Å². The zero-order valence-electron chi connectivity index (χ0n) is 11.3. The molecule has 0 aromatic carbocycles. The Kier molecular flexibility index (Phi) is 5.91. The number of nitrogens with one attached hydrogen (secondary N) is 2. The first kappa shape index (κ1) is 14.6. The third-order valence-electron chi connectivity index (χ3n) is 2.73. The van der Waals surface area contributed by atoms with Crippen molar-refractivity contribution in [2.45, 2.75) is 12.2 Å². The van der Waals surface area contributed by atoms with Crippen molar-refractivity contribution >= 4 is 35.2 Å². The molecule has 1 atom stereocenters. The van der Waals surface area contributed by atoms with Crippen LogP contribution in [-0.2, 0) is 0 Å². The van der Waals surface area contributed by atoms with E-state index in [9.17, 15) is 0 Å². The molecule has 7 heteroatoms. The van der Waals surface area contributed by atoms with Crippen LogP contribution in [0.3, 0.4) is 0 Å². The van der Waals surface area contributed by atoms with Crippen LogP contribution in [0.4, 0.5) is 11.6 Å². The van der Waals surface area contributed by atoms with Gasteiger partial charge in [0.05, 0.1) is 7.11 Å². The number of rotatable bonds is 6. The standard InChI is InChI=1S/C12H20N4OS2/c1-3-13-11-10(17-2)12(16-8-15-11)14-6-9-7-18-4-5-19-9/h8-9H,3-7H2,1-2H3,(H2,13,14,15,16). The molecule has 0 bridgehead atoms. The van der Waals surface area contributed by atoms with Gasteiger partial charge in [-0.05, 0) is 6.92 Å². The number of hydrogen-bond acceptors (Lipinski definition) is 7. The maximum atomic E-state index is 5.41. The van der Waals surface area contributed by atoms with Crippen molar-refractivity contribution in [2.24, 2.45) is 0 Å². The van der Waals surface area contributed by atoms with Gasteiger partial charge in [-0.3, -0.25) is 0 Å². The summed E-state index contributed by atoms with van der Waals surface area (Å²) >= 11 is 4.05. The summed E-state index contributed by atoms with van der Waals surface area (Å²) in [7, 11) is 1.65. The fourth-order valence-electron chi connectivity index (χ4n) is 1.85. The van der Waals surface area contributed by atoms with Gasteiger partial charge in [-0.1, -0.05) is 0 Å². The van der Waals surface area contributed by atoms with Crippen molar-refractivity contribution in [3.63, 3.8) is 0 Å². The maximum absolute atomic E-state index is 5.41. The van der Waals surface area contributed by atoms with Gasteiger partial charge in [0.15, 0.2) is 11.6 Å². The Morgan fingerprint density at radius 3 is 2.74 bits per heavy atom. The van der Waals surface area contributed by atoms with E-state index in [4.69, 9.17) is 4.74 Å². The van der Waals surface area contributed by atoms with Crippen LogP contribution < -0.4 is 15.4 Å². The Hall–Kier alpha value is -0.820. The number of aromatic nitrogens is 2. The van der Waals surface area contributed by atoms with Crippen molar-refractivity contribution in [1.82, 2.24) is 9.97 Å². The van der Waals surface area contributed by atoms with Crippen LogP contribution in [-0.4, -0.2) is 52.7 Å². The summed E-state index contributed by atoms with van der Waals surface area (Å²) in [6, 6.07) is 0. The minimum atomic E-state index is 0.640. The summed E-state index contributed by atoms with van der Waals surface area (Å²) in [4.78, 5) is 8.47. The highest BCUT2D eigenvalue weighted by Gasteiger charge is 2.16. The molecular formula is C12H20N4OS2. The Bertz CT molecular complexity index is 399. The molecule has 1 fully saturated rings. The molecule has 106 valence electrons. The largest absolute Gasteiger partial charge is 0.490 e. The number of thioether (sulfide) groups is 2. The SMILES string of the molecule is CCNc1ncnc(NCC2CSCCS2)c1OC. The Balaban J connectivity index is 2.00. The van der Waals surface area contributed by atoms with E-state index in [0.29, 0.717) is 11.0 Å². The zero-order valence-corrected chi connectivity index (χ0v) is 12.9. The highest BCUT2D eigenvalue weighted by molar-refractivity contribution is 8.06. The van der Waals surface area contributed by atoms with Gasteiger partial charge in [0, 0.05) is 35.6 Å². The van der Waals surface area contributed by atoms with E-state index < -0.39 is 0 Å². The molecule has 19 heavy (non-hydrogen) atoms. The lowest BCUT2D eigenvalue weighted by atomic mass is 10.4. The summed E-state index contributed by atoms with van der Waals surface area (Å²) in [5.74, 6) is 5.91. The Morgan fingerprint density at radius 1 is 1.32 bits per heavy atom. The number of anilines is 2. The monoisotopic (exact) mass is 300 g/mol. The highest BCUT2D eigenvalue weighted by Crippen LogP contribution is 2.30. The molecule has 1 aromatic heterocycles. The van der Waals surface area contributed by atoms with Gasteiger partial charge >= 0.3 is 0 Å². The first-order valence-electron chi connectivity index (χ1n) is 6.41. The van der Waals surface area contributed by atoms with E-state index in [0.717, 1.165) is 24.7 Å². The van der Waals surface area contributed by atoms with E-state index in [2.05, 4.69) is 20.6 Å². The van der Waals surface area contributed by atoms with Crippen LogP contribution in [0.1, 0.15) is 6.92 Å². The summed E-state index contributed by atoms with van der Waals surface area (Å²) in [6.45, 7) is 3.75. The second kappa shape index (κ2) is 7.69. The van der Waals surface area contributed by atoms with Gasteiger partial charge in [-0.15, -0.1) is 0 Å². The van der Waals surface area contributed by atoms with Gasteiger partial charge < -0.3 is 15.4 Å². The van der Waals surface area contributed by atoms with Gasteiger partial charge in [-0.2, -0.15) is 23.5 Å². The average Bonchev–Trinajstić information content (AvgIpc) is 2.46. The fourth-order valence-corrected chi connectivity index (χ4v) is 4.46. The van der Waals surface area contributed by atoms with Crippen molar-refractivity contribution in [1.29, 1.82) is 0 Å². The van der Waals surface area contributed by atoms with Crippen LogP contribution in [0.15, 0.2) is 6.33 Å². The molecule has 1 saturated heterocycles. The van der Waals surface area contributed by atoms with E-state index in [1.54, 1.807) is 13.4 Å². The molecule has 0 radical (unpaired) electrons. The van der Waals surface area contributed by atoms with Crippen molar-refractivity contribution in [3.8, 4) is 5.75 Å². The van der Waals surface area contributed by atoms with Gasteiger partial charge in [0.2, 0.25) is 5.75 Å². The van der Waals surface area contributed by atoms with E-state index in [1.165, 1.54) is 17.3 Å². The molecular weight excluding hydrogens is 280 g/mol. The van der Waals surface area contributed by atoms with Gasteiger partial charge in [0.25, 0.3) is 0 Å². The molecule has 2 heterocycles. The molecule has 2 N–H and O–H groups in total. The summed E-state index contributed by atoms with van der Waals surface area (Å²) in [6.07, 6.45) is 1.56. The van der Waals surface area contributed by atoms with Crippen LogP contribution in [0.25, 0.3) is 0 Å². The number of nitrogens with zero attached hydrogens (tertiary/aromatic N) is 2. The summed E-state index contributed by atoms with van der Waals surface area (Å²) in [5.41, 5.74) is 0. The molecule has 0 spiro atoms. The number of ether oxygens (including phenoxy) is 1. The number of methoxy groups -OCH3 is 1. The normalized spacial score (nSPS) is 18.9. The molecule has 1 aromatic rings. The minimum absolute atomic E-state index is 0.640. The number of hydrogen-bond donors (Lipinski definition) is 2. The zero-order chi connectivity index (χ0) is 13.5. The van der Waals surface area contributed by atoms with Crippen LogP contribution >= 0.6 is 23.5 Å². The van der Waals surface area contributed by atoms with Gasteiger partial charge in [-0.25, -0.2) is 9.97 Å². The fraction of sp³-hybridized carbons (Fsp3) is 0.667. The first-order valence-corrected chi connectivity index (χ1v) is 8.61. The van der Waals surface area contributed by atoms with E-state index in [1.807, 2.05) is 30.4 Å². The van der Waals surface area contributed by atoms with Crippen LogP contribution in [0.2, 0.25) is 0 Å². The summed E-state index contributed by atoms with van der Waals surface area (Å²) < 4.78 is 5.41. The topological polar surface area (TPSA) is 59.1 Å². The van der Waals surface area contributed by atoms with E-state index >= 15 is 0 Å². The third kappa shape index (κ3) is 4.07. The lowest BCUT2D eigenvalue weighted by Crippen LogP contribution is -2.24. The molecule has 1 aliphatic rings. The van der Waals surface area contributed by atoms with Crippen molar-refractivity contribution in [3.05, 3.63) is 6.33 Å². The van der Waals surface area contributed by atoms with Crippen LogP contribution in [0, 0.1) is 0 Å². The Morgan fingerprint density at radius 2 is 2.11 bits per heavy atom. The summed E-state index contributed by atoms with van der Waals surface area (Å²) in [5, 5.41) is 7.20. The molecule has 0 amide bonds. The minimum Gasteiger partial charge on any atom is -0.490 e. The molecule has 0 aliphatic carbocycles. The Labute approximate surface area is 122 Å². The molecule has 1 unspecified atom stereocenters. The quantitative estimate of drug-likeness (QED) is 0.835. The average molecular weight is 300 g/mol. The van der Waals surface area contributed by atoms with Crippen LogP contribution in [0.5, 0.6) is 5.75 Å². The molecule has 5 nitrogen and oxygen atoms in total. The third-order valence-corrected chi connectivity index (χ3v) is 5.58. The van der Waals surface area contributed by atoms with Crippen molar-refractivity contribution in [2.75, 3.05) is 48.1 Å². The molecule has 2 rings (SSSR count). The predicted octanol–water partition coefficient (Wildman–Crippen LogP) is 2.18. The molecule has 0 saturated carbocycles. The highest BCUT2D eigenvalue weighted by atomic mass is 32.2. The first-order chi connectivity index (χ1) is 9.35. The van der Waals surface area contributed by atoms with Crippen molar-refractivity contribution < 1.29 is 4.74 Å². The maximum Gasteiger partial charge on any atom is 0.204 e. The second-order valence-electron chi connectivity index (χ2n) is 4.08. The predicted molar refractivity (Wildman–Crippen MR) is 84.8 cm³/mol.